The van der Waals surface area contributed by atoms with E-state index in [-0.39, 0.29) is 5.56 Å². The number of nitrogens with one attached hydrogen (secondary N) is 1. The average molecular weight is 229 g/mol. The summed E-state index contributed by atoms with van der Waals surface area (Å²) in [6.07, 6.45) is 3.32. The van der Waals surface area contributed by atoms with Crippen LogP contribution in [0.5, 0.6) is 0 Å². The first-order valence-corrected chi connectivity index (χ1v) is 5.96. The van der Waals surface area contributed by atoms with Gasteiger partial charge < -0.3 is 14.8 Å². The van der Waals surface area contributed by atoms with Crippen molar-refractivity contribution in [2.24, 2.45) is 0 Å². The summed E-state index contributed by atoms with van der Waals surface area (Å²) in [5.74, 6) is -0.303. The Labute approximate surface area is 93.0 Å². The normalized spacial score (nSPS) is 12.7. The lowest BCUT2D eigenvalue weighted by atomic mass is 10.3. The molecule has 0 aliphatic rings. The number of carbonyl (C=O) groups is 1. The Kier molecular flexibility index (Phi) is 4.71. The van der Waals surface area contributed by atoms with Crippen molar-refractivity contribution in [3.63, 3.8) is 0 Å². The summed E-state index contributed by atoms with van der Waals surface area (Å²) in [5.41, 5.74) is 0.199. The van der Waals surface area contributed by atoms with Crippen LogP contribution in [0.15, 0.2) is 16.7 Å². The lowest BCUT2D eigenvalue weighted by Gasteiger charge is -2.07. The molecule has 0 radical (unpaired) electrons. The van der Waals surface area contributed by atoms with Gasteiger partial charge in [-0.05, 0) is 12.3 Å². The molecule has 4 nitrogen and oxygen atoms in total. The molecular formula is C10H15NO3S. The molecule has 1 rings (SSSR count). The van der Waals surface area contributed by atoms with Crippen molar-refractivity contribution in [2.75, 3.05) is 12.8 Å². The Hall–Kier alpha value is -0.940. The predicted octanol–water partition coefficient (Wildman–Crippen LogP) is 1.82. The van der Waals surface area contributed by atoms with Gasteiger partial charge in [0, 0.05) is 11.8 Å². The molecular weight excluding hydrogens is 214 g/mol. The minimum absolute atomic E-state index is 0.199. The third-order valence-corrected chi connectivity index (χ3v) is 3.01. The van der Waals surface area contributed by atoms with Gasteiger partial charge in [0.2, 0.25) is 0 Å². The van der Waals surface area contributed by atoms with Crippen molar-refractivity contribution >= 4 is 17.7 Å². The van der Waals surface area contributed by atoms with E-state index < -0.39 is 5.97 Å². The highest BCUT2D eigenvalue weighted by molar-refractivity contribution is 7.99. The van der Waals surface area contributed by atoms with E-state index in [0.29, 0.717) is 17.6 Å². The number of aromatic carboxylic acids is 1. The number of hydrogen-bond acceptors (Lipinski definition) is 4. The molecule has 0 aliphatic carbocycles. The summed E-state index contributed by atoms with van der Waals surface area (Å²) in [7, 11) is 0. The lowest BCUT2D eigenvalue weighted by molar-refractivity contribution is 0.0696. The molecule has 1 atom stereocenters. The van der Waals surface area contributed by atoms with Crippen LogP contribution in [-0.4, -0.2) is 29.1 Å². The zero-order valence-corrected chi connectivity index (χ0v) is 9.63. The molecule has 0 fully saturated rings. The van der Waals surface area contributed by atoms with Crippen LogP contribution < -0.4 is 5.32 Å². The Morgan fingerprint density at radius 2 is 2.47 bits per heavy atom. The van der Waals surface area contributed by atoms with Gasteiger partial charge >= 0.3 is 5.97 Å². The molecule has 1 aromatic rings. The Morgan fingerprint density at radius 3 is 3.00 bits per heavy atom. The second kappa shape index (κ2) is 5.82. The maximum absolute atomic E-state index is 10.6. The highest BCUT2D eigenvalue weighted by Gasteiger charge is 2.07. The molecule has 0 bridgehead atoms. The van der Waals surface area contributed by atoms with Gasteiger partial charge in [-0.1, -0.05) is 6.92 Å². The Bertz CT molecular complexity index is 324. The van der Waals surface area contributed by atoms with Crippen molar-refractivity contribution in [3.05, 3.63) is 23.7 Å². The van der Waals surface area contributed by atoms with Crippen molar-refractivity contribution < 1.29 is 14.3 Å². The van der Waals surface area contributed by atoms with Crippen LogP contribution >= 0.6 is 11.8 Å². The topological polar surface area (TPSA) is 62.5 Å². The highest BCUT2D eigenvalue weighted by Crippen LogP contribution is 2.08. The maximum Gasteiger partial charge on any atom is 0.338 e. The van der Waals surface area contributed by atoms with Gasteiger partial charge in [-0.3, -0.25) is 0 Å². The quantitative estimate of drug-likeness (QED) is 0.779. The molecule has 1 unspecified atom stereocenters. The molecule has 84 valence electrons. The van der Waals surface area contributed by atoms with Crippen LogP contribution in [0.1, 0.15) is 23.0 Å². The van der Waals surface area contributed by atoms with E-state index in [1.165, 1.54) is 6.26 Å². The summed E-state index contributed by atoms with van der Waals surface area (Å²) < 4.78 is 5.09. The first-order valence-electron chi connectivity index (χ1n) is 4.67. The van der Waals surface area contributed by atoms with Gasteiger partial charge in [-0.15, -0.1) is 0 Å². The third-order valence-electron chi connectivity index (χ3n) is 2.03. The molecule has 0 aromatic carbocycles. The predicted molar refractivity (Wildman–Crippen MR) is 60.4 cm³/mol. The van der Waals surface area contributed by atoms with Gasteiger partial charge in [-0.25, -0.2) is 4.79 Å². The number of furan rings is 1. The van der Waals surface area contributed by atoms with Crippen LogP contribution in [0.25, 0.3) is 0 Å². The lowest BCUT2D eigenvalue weighted by Crippen LogP contribution is -2.21. The molecule has 0 saturated heterocycles. The number of rotatable bonds is 6. The SMILES string of the molecule is CSC(C)CNCc1cc(C(=O)O)co1. The van der Waals surface area contributed by atoms with Crippen LogP contribution in [0.2, 0.25) is 0 Å². The fourth-order valence-corrected chi connectivity index (χ4v) is 1.35. The molecule has 0 saturated carbocycles. The summed E-state index contributed by atoms with van der Waals surface area (Å²) in [6, 6.07) is 1.54. The van der Waals surface area contributed by atoms with E-state index in [4.69, 9.17) is 9.52 Å². The third kappa shape index (κ3) is 3.97. The first-order chi connectivity index (χ1) is 7.13. The van der Waals surface area contributed by atoms with Crippen LogP contribution in [0.4, 0.5) is 0 Å². The van der Waals surface area contributed by atoms with Crippen LogP contribution in [-0.2, 0) is 6.54 Å². The fourth-order valence-electron chi connectivity index (χ4n) is 1.07. The smallest absolute Gasteiger partial charge is 0.338 e. The summed E-state index contributed by atoms with van der Waals surface area (Å²) in [5, 5.41) is 12.4. The van der Waals surface area contributed by atoms with Gasteiger partial charge in [0.15, 0.2) is 0 Å². The molecule has 2 N–H and O–H groups in total. The van der Waals surface area contributed by atoms with E-state index in [0.717, 1.165) is 6.54 Å². The summed E-state index contributed by atoms with van der Waals surface area (Å²) in [6.45, 7) is 3.57. The van der Waals surface area contributed by atoms with Crippen molar-refractivity contribution in [1.82, 2.24) is 5.32 Å². The van der Waals surface area contributed by atoms with Crippen LogP contribution in [0.3, 0.4) is 0 Å². The van der Waals surface area contributed by atoms with E-state index >= 15 is 0 Å². The van der Waals surface area contributed by atoms with Gasteiger partial charge in [-0.2, -0.15) is 11.8 Å². The zero-order chi connectivity index (χ0) is 11.3. The fraction of sp³-hybridized carbons (Fsp3) is 0.500. The average Bonchev–Trinajstić information content (AvgIpc) is 2.66. The van der Waals surface area contributed by atoms with E-state index in [9.17, 15) is 4.79 Å². The molecule has 1 aromatic heterocycles. The second-order valence-electron chi connectivity index (χ2n) is 3.28. The zero-order valence-electron chi connectivity index (χ0n) is 8.82. The largest absolute Gasteiger partial charge is 0.478 e. The monoisotopic (exact) mass is 229 g/mol. The molecule has 1 heterocycles. The van der Waals surface area contributed by atoms with E-state index in [2.05, 4.69) is 18.5 Å². The molecule has 0 spiro atoms. The molecule has 0 aliphatic heterocycles. The van der Waals surface area contributed by atoms with Gasteiger partial charge in [0.25, 0.3) is 0 Å². The summed E-state index contributed by atoms with van der Waals surface area (Å²) >= 11 is 1.78. The first kappa shape index (κ1) is 12.1. The number of thioether (sulfide) groups is 1. The maximum atomic E-state index is 10.6. The standard InChI is InChI=1S/C10H15NO3S/c1-7(15-2)4-11-5-9-3-8(6-14-9)10(12)13/h3,6-7,11H,4-5H2,1-2H3,(H,12,13). The van der Waals surface area contributed by atoms with Gasteiger partial charge in [0.1, 0.15) is 12.0 Å². The number of carboxylic acid groups (broad SMARTS) is 1. The van der Waals surface area contributed by atoms with Crippen LogP contribution in [0, 0.1) is 0 Å². The molecule has 15 heavy (non-hydrogen) atoms. The molecule has 5 heteroatoms. The molecule has 0 amide bonds. The highest BCUT2D eigenvalue weighted by atomic mass is 32.2. The van der Waals surface area contributed by atoms with Crippen molar-refractivity contribution in [1.29, 1.82) is 0 Å². The second-order valence-corrected chi connectivity index (χ2v) is 4.56. The van der Waals surface area contributed by atoms with Crippen molar-refractivity contribution in [2.45, 2.75) is 18.7 Å². The van der Waals surface area contributed by atoms with Crippen molar-refractivity contribution in [3.8, 4) is 0 Å². The number of hydrogen-bond donors (Lipinski definition) is 2. The Morgan fingerprint density at radius 1 is 1.73 bits per heavy atom. The minimum atomic E-state index is -0.956. The van der Waals surface area contributed by atoms with Gasteiger partial charge in [0.05, 0.1) is 12.1 Å². The van der Waals surface area contributed by atoms with E-state index in [1.54, 1.807) is 17.8 Å². The van der Waals surface area contributed by atoms with E-state index in [1.807, 2.05) is 0 Å². The summed E-state index contributed by atoms with van der Waals surface area (Å²) in [4.78, 5) is 10.6. The number of carboxylic acids is 1. The Balaban J connectivity index is 2.35. The minimum Gasteiger partial charge on any atom is -0.478 e.